The molecule has 5 heteroatoms. The van der Waals surface area contributed by atoms with E-state index in [-0.39, 0.29) is 6.09 Å². The van der Waals surface area contributed by atoms with Gasteiger partial charge < -0.3 is 9.30 Å². The number of thioether (sulfide) groups is 1. The number of hydrogen-bond donors (Lipinski definition) is 0. The molecule has 0 fully saturated rings. The predicted molar refractivity (Wildman–Crippen MR) is 99.4 cm³/mol. The van der Waals surface area contributed by atoms with E-state index < -0.39 is 5.60 Å². The van der Waals surface area contributed by atoms with Crippen molar-refractivity contribution in [3.63, 3.8) is 0 Å². The van der Waals surface area contributed by atoms with Crippen LogP contribution in [0.15, 0.2) is 29.8 Å². The van der Waals surface area contributed by atoms with Crippen LogP contribution in [0.5, 0.6) is 0 Å². The molecule has 2 aliphatic heterocycles. The van der Waals surface area contributed by atoms with E-state index >= 15 is 0 Å². The molecule has 2 aromatic rings. The Balaban J connectivity index is 1.78. The molecule has 124 valence electrons. The minimum Gasteiger partial charge on any atom is -0.443 e. The van der Waals surface area contributed by atoms with Crippen LogP contribution in [0.3, 0.4) is 0 Å². The fourth-order valence-corrected chi connectivity index (χ4v) is 3.93. The molecule has 1 amide bonds. The lowest BCUT2D eigenvalue weighted by molar-refractivity contribution is 0.0323. The second kappa shape index (κ2) is 5.45. The first-order chi connectivity index (χ1) is 11.4. The topological polar surface area (TPSA) is 34.5 Å². The van der Waals surface area contributed by atoms with E-state index in [1.165, 1.54) is 22.0 Å². The van der Waals surface area contributed by atoms with Gasteiger partial charge in [-0.3, -0.25) is 4.90 Å². The van der Waals surface area contributed by atoms with Gasteiger partial charge in [0.1, 0.15) is 5.60 Å². The van der Waals surface area contributed by atoms with Crippen molar-refractivity contribution >= 4 is 41.0 Å². The molecule has 0 bridgehead atoms. The summed E-state index contributed by atoms with van der Waals surface area (Å²) >= 11 is 1.80. The third-order valence-corrected chi connectivity index (χ3v) is 4.96. The molecule has 24 heavy (non-hydrogen) atoms. The molecule has 0 unspecified atom stereocenters. The van der Waals surface area contributed by atoms with Gasteiger partial charge >= 0.3 is 6.09 Å². The number of rotatable bonds is 0. The highest BCUT2D eigenvalue weighted by atomic mass is 32.2. The number of nitrogens with zero attached hydrogens (tertiary/aromatic N) is 2. The van der Waals surface area contributed by atoms with Gasteiger partial charge in [-0.15, -0.1) is 11.8 Å². The molecule has 0 saturated carbocycles. The quantitative estimate of drug-likeness (QED) is 0.674. The summed E-state index contributed by atoms with van der Waals surface area (Å²) in [6, 6.07) is 6.42. The van der Waals surface area contributed by atoms with Crippen molar-refractivity contribution in [2.24, 2.45) is 0 Å². The number of hydrogen-bond acceptors (Lipinski definition) is 3. The predicted octanol–water partition coefficient (Wildman–Crippen LogP) is 5.04. The highest BCUT2D eigenvalue weighted by Gasteiger charge is 2.27. The van der Waals surface area contributed by atoms with Gasteiger partial charge in [0.25, 0.3) is 0 Å². The summed E-state index contributed by atoms with van der Waals surface area (Å²) in [5.41, 5.74) is 4.41. The van der Waals surface area contributed by atoms with E-state index in [0.717, 1.165) is 11.4 Å². The summed E-state index contributed by atoms with van der Waals surface area (Å²) in [5, 5.41) is 3.35. The monoisotopic (exact) mass is 340 g/mol. The maximum Gasteiger partial charge on any atom is 0.414 e. The molecule has 3 heterocycles. The Morgan fingerprint density at radius 1 is 1.25 bits per heavy atom. The minimum absolute atomic E-state index is 0.306. The van der Waals surface area contributed by atoms with Gasteiger partial charge in [0.2, 0.25) is 0 Å². The molecule has 0 N–H and O–H groups in total. The Hall–Kier alpha value is -2.14. The third-order valence-electron chi connectivity index (χ3n) is 4.17. The molecule has 4 rings (SSSR count). The Morgan fingerprint density at radius 3 is 2.88 bits per heavy atom. The molecule has 2 aliphatic rings. The number of amides is 1. The lowest BCUT2D eigenvalue weighted by Gasteiger charge is -2.27. The number of ether oxygens (including phenoxy) is 1. The first-order valence-corrected chi connectivity index (χ1v) is 9.10. The zero-order chi connectivity index (χ0) is 16.9. The van der Waals surface area contributed by atoms with Gasteiger partial charge in [0, 0.05) is 29.1 Å². The van der Waals surface area contributed by atoms with Crippen molar-refractivity contribution in [1.82, 2.24) is 9.47 Å². The fourth-order valence-electron chi connectivity index (χ4n) is 3.21. The Labute approximate surface area is 145 Å². The summed E-state index contributed by atoms with van der Waals surface area (Å²) in [5.74, 6) is 0.968. The number of benzene rings is 1. The molecule has 0 saturated heterocycles. The van der Waals surface area contributed by atoms with Gasteiger partial charge in [-0.2, -0.15) is 0 Å². The smallest absolute Gasteiger partial charge is 0.414 e. The number of carbonyl (C=O) groups excluding carboxylic acids is 1. The van der Waals surface area contributed by atoms with Crippen LogP contribution in [-0.4, -0.2) is 21.2 Å². The highest BCUT2D eigenvalue weighted by Crippen LogP contribution is 2.36. The lowest BCUT2D eigenvalue weighted by Crippen LogP contribution is -2.34. The zero-order valence-electron chi connectivity index (χ0n) is 14.1. The van der Waals surface area contributed by atoms with E-state index in [2.05, 4.69) is 34.4 Å². The second-order valence-corrected chi connectivity index (χ2v) is 7.96. The van der Waals surface area contributed by atoms with Crippen LogP contribution in [0.1, 0.15) is 37.6 Å². The molecular formula is C19H20N2O2S. The van der Waals surface area contributed by atoms with Gasteiger partial charge in [0.15, 0.2) is 0 Å². The van der Waals surface area contributed by atoms with Crippen LogP contribution < -0.4 is 0 Å². The highest BCUT2D eigenvalue weighted by molar-refractivity contribution is 8.01. The SMILES string of the molecule is CC(C)(C)OC(=O)N1C=Cc2c(c3cccc4c3n2C=CSC4)C1. The average Bonchev–Trinajstić information content (AvgIpc) is 2.69. The number of aromatic nitrogens is 1. The lowest BCUT2D eigenvalue weighted by atomic mass is 10.1. The number of carbonyl (C=O) groups is 1. The van der Waals surface area contributed by atoms with E-state index in [4.69, 9.17) is 4.74 Å². The fraction of sp³-hybridized carbons (Fsp3) is 0.316. The van der Waals surface area contributed by atoms with Crippen LogP contribution in [0.2, 0.25) is 0 Å². The normalized spacial score (nSPS) is 16.2. The van der Waals surface area contributed by atoms with Crippen molar-refractivity contribution in [3.8, 4) is 0 Å². The molecule has 4 nitrogen and oxygen atoms in total. The Bertz CT molecular complexity index is 887. The van der Waals surface area contributed by atoms with Crippen LogP contribution in [-0.2, 0) is 17.0 Å². The first kappa shape index (κ1) is 15.4. The molecular weight excluding hydrogens is 320 g/mol. The Kier molecular flexibility index (Phi) is 3.49. The van der Waals surface area contributed by atoms with Crippen molar-refractivity contribution in [1.29, 1.82) is 0 Å². The van der Waals surface area contributed by atoms with E-state index in [0.29, 0.717) is 6.54 Å². The summed E-state index contributed by atoms with van der Waals surface area (Å²) in [6.45, 7) is 6.19. The largest absolute Gasteiger partial charge is 0.443 e. The maximum atomic E-state index is 12.4. The standard InChI is InChI=1S/C19H20N2O2S/c1-19(2,3)23-18(22)20-8-7-16-15(11-20)14-6-4-5-13-12-24-10-9-21(16)17(13)14/h4-10H,11-12H2,1-3H3. The van der Waals surface area contributed by atoms with Crippen molar-refractivity contribution in [3.05, 3.63) is 46.6 Å². The number of fused-ring (bicyclic) bond motifs is 3. The number of para-hydroxylation sites is 1. The minimum atomic E-state index is -0.493. The Morgan fingerprint density at radius 2 is 2.08 bits per heavy atom. The molecule has 0 radical (unpaired) electrons. The van der Waals surface area contributed by atoms with Gasteiger partial charge in [-0.25, -0.2) is 4.79 Å². The summed E-state index contributed by atoms with van der Waals surface area (Å²) < 4.78 is 7.74. The molecule has 0 aliphatic carbocycles. The summed E-state index contributed by atoms with van der Waals surface area (Å²) in [7, 11) is 0. The van der Waals surface area contributed by atoms with E-state index in [9.17, 15) is 4.79 Å². The van der Waals surface area contributed by atoms with Gasteiger partial charge in [0.05, 0.1) is 17.8 Å². The average molecular weight is 340 g/mol. The molecule has 1 aromatic heterocycles. The molecule has 1 aromatic carbocycles. The van der Waals surface area contributed by atoms with Crippen LogP contribution in [0.4, 0.5) is 4.79 Å². The van der Waals surface area contributed by atoms with Crippen LogP contribution >= 0.6 is 11.8 Å². The maximum absolute atomic E-state index is 12.4. The van der Waals surface area contributed by atoms with Gasteiger partial charge in [-0.05, 0) is 37.8 Å². The van der Waals surface area contributed by atoms with E-state index in [1.54, 1.807) is 16.7 Å². The third kappa shape index (κ3) is 2.53. The van der Waals surface area contributed by atoms with Crippen molar-refractivity contribution < 1.29 is 9.53 Å². The molecule has 0 atom stereocenters. The van der Waals surface area contributed by atoms with Crippen molar-refractivity contribution in [2.75, 3.05) is 0 Å². The summed E-state index contributed by atoms with van der Waals surface area (Å²) in [6.07, 6.45) is 5.65. The molecule has 0 spiro atoms. The van der Waals surface area contributed by atoms with Crippen molar-refractivity contribution in [2.45, 2.75) is 38.7 Å². The van der Waals surface area contributed by atoms with Crippen LogP contribution in [0, 0.1) is 0 Å². The van der Waals surface area contributed by atoms with Crippen LogP contribution in [0.25, 0.3) is 23.2 Å². The summed E-state index contributed by atoms with van der Waals surface area (Å²) in [4.78, 5) is 14.0. The second-order valence-electron chi connectivity index (χ2n) is 7.07. The van der Waals surface area contributed by atoms with Gasteiger partial charge in [-0.1, -0.05) is 18.2 Å². The van der Waals surface area contributed by atoms with E-state index in [1.807, 2.05) is 33.0 Å². The first-order valence-electron chi connectivity index (χ1n) is 8.05. The zero-order valence-corrected chi connectivity index (χ0v) is 14.9.